The molecule has 2 aromatic carbocycles. The number of halogens is 1. The molecule has 1 aliphatic heterocycles. The topological polar surface area (TPSA) is 84.7 Å². The summed E-state index contributed by atoms with van der Waals surface area (Å²) < 4.78 is 5.37. The van der Waals surface area contributed by atoms with Crippen molar-refractivity contribution in [1.29, 1.82) is 0 Å². The number of ether oxygens (including phenoxy) is 1. The summed E-state index contributed by atoms with van der Waals surface area (Å²) in [5.41, 5.74) is 2.10. The first-order valence-corrected chi connectivity index (χ1v) is 9.56. The van der Waals surface area contributed by atoms with Gasteiger partial charge in [0, 0.05) is 36.4 Å². The third-order valence-corrected chi connectivity index (χ3v) is 4.88. The van der Waals surface area contributed by atoms with E-state index in [0.29, 0.717) is 6.54 Å². The number of carbonyl (C=O) groups is 1. The number of rotatable bonds is 7. The highest BCUT2D eigenvalue weighted by Crippen LogP contribution is 2.22. The maximum atomic E-state index is 12.3. The van der Waals surface area contributed by atoms with Crippen molar-refractivity contribution >= 4 is 28.9 Å². The van der Waals surface area contributed by atoms with Gasteiger partial charge < -0.3 is 15.0 Å². The average molecular weight is 404 g/mol. The quantitative estimate of drug-likeness (QED) is 0.435. The van der Waals surface area contributed by atoms with E-state index in [1.807, 2.05) is 0 Å². The Morgan fingerprint density at radius 3 is 2.57 bits per heavy atom. The predicted octanol–water partition coefficient (Wildman–Crippen LogP) is 3.45. The fourth-order valence-corrected chi connectivity index (χ4v) is 3.31. The van der Waals surface area contributed by atoms with Gasteiger partial charge in [-0.1, -0.05) is 23.7 Å². The number of hydrogen-bond acceptors (Lipinski definition) is 5. The molecule has 0 spiro atoms. The number of morpholine rings is 1. The number of nitro groups is 1. The number of nitro benzene ring substituents is 1. The Morgan fingerprint density at radius 1 is 1.18 bits per heavy atom. The summed E-state index contributed by atoms with van der Waals surface area (Å²) in [6, 6.07) is 12.4. The number of hydrogen-bond donors (Lipinski definition) is 1. The van der Waals surface area contributed by atoms with Gasteiger partial charge in [-0.2, -0.15) is 0 Å². The van der Waals surface area contributed by atoms with Crippen LogP contribution in [0.25, 0.3) is 0 Å². The lowest BCUT2D eigenvalue weighted by molar-refractivity contribution is -0.385. The molecule has 1 N–H and O–H groups in total. The van der Waals surface area contributed by atoms with Gasteiger partial charge in [0.05, 0.1) is 18.1 Å². The Balaban J connectivity index is 1.48. The van der Waals surface area contributed by atoms with Crippen LogP contribution < -0.4 is 10.2 Å². The van der Waals surface area contributed by atoms with E-state index in [0.717, 1.165) is 39.1 Å². The highest BCUT2D eigenvalue weighted by atomic mass is 35.5. The molecule has 8 heteroatoms. The minimum atomic E-state index is -0.582. The van der Waals surface area contributed by atoms with Crippen LogP contribution in [0.4, 0.5) is 11.4 Å². The number of amides is 1. The van der Waals surface area contributed by atoms with Gasteiger partial charge in [-0.25, -0.2) is 0 Å². The number of benzene rings is 2. The molecule has 2 aromatic rings. The maximum Gasteiger partial charge on any atom is 0.282 e. The Labute approximate surface area is 168 Å². The molecule has 1 aliphatic rings. The van der Waals surface area contributed by atoms with E-state index in [4.69, 9.17) is 16.3 Å². The molecule has 1 amide bonds. The SMILES string of the molecule is O=C(NCCCc1ccc(N2CCOCC2)cc1)c1cc(Cl)ccc1[N+](=O)[O-]. The van der Waals surface area contributed by atoms with Crippen LogP contribution in [0.3, 0.4) is 0 Å². The molecule has 0 atom stereocenters. The van der Waals surface area contributed by atoms with E-state index in [-0.39, 0.29) is 16.3 Å². The second kappa shape index (κ2) is 9.52. The zero-order valence-corrected chi connectivity index (χ0v) is 16.2. The maximum absolute atomic E-state index is 12.3. The van der Waals surface area contributed by atoms with Crippen molar-refractivity contribution < 1.29 is 14.5 Å². The van der Waals surface area contributed by atoms with Crippen LogP contribution in [0.5, 0.6) is 0 Å². The molecular formula is C20H22ClN3O4. The third kappa shape index (κ3) is 5.21. The molecule has 3 rings (SSSR count). The number of carbonyl (C=O) groups excluding carboxylic acids is 1. The van der Waals surface area contributed by atoms with E-state index in [9.17, 15) is 14.9 Å². The molecule has 0 radical (unpaired) electrons. The zero-order valence-electron chi connectivity index (χ0n) is 15.4. The first-order valence-electron chi connectivity index (χ1n) is 9.18. The van der Waals surface area contributed by atoms with Gasteiger partial charge in [-0.3, -0.25) is 14.9 Å². The monoisotopic (exact) mass is 403 g/mol. The van der Waals surface area contributed by atoms with Crippen LogP contribution in [0.1, 0.15) is 22.3 Å². The summed E-state index contributed by atoms with van der Waals surface area (Å²) in [6.07, 6.45) is 1.54. The number of nitrogens with zero attached hydrogens (tertiary/aromatic N) is 2. The number of anilines is 1. The van der Waals surface area contributed by atoms with Gasteiger partial charge >= 0.3 is 0 Å². The largest absolute Gasteiger partial charge is 0.378 e. The Bertz CT molecular complexity index is 836. The van der Waals surface area contributed by atoms with E-state index in [2.05, 4.69) is 34.5 Å². The minimum absolute atomic E-state index is 0.0210. The van der Waals surface area contributed by atoms with Crippen LogP contribution in [0, 0.1) is 10.1 Å². The van der Waals surface area contributed by atoms with Crippen LogP contribution in [0.2, 0.25) is 5.02 Å². The summed E-state index contributed by atoms with van der Waals surface area (Å²) in [5.74, 6) is -0.489. The summed E-state index contributed by atoms with van der Waals surface area (Å²) in [5, 5.41) is 14.1. The summed E-state index contributed by atoms with van der Waals surface area (Å²) in [4.78, 5) is 25.0. The summed E-state index contributed by atoms with van der Waals surface area (Å²) >= 11 is 5.86. The molecule has 1 saturated heterocycles. The van der Waals surface area contributed by atoms with Crippen molar-refractivity contribution in [2.45, 2.75) is 12.8 Å². The molecule has 0 unspecified atom stereocenters. The predicted molar refractivity (Wildman–Crippen MR) is 108 cm³/mol. The minimum Gasteiger partial charge on any atom is -0.378 e. The normalized spacial score (nSPS) is 14.0. The fraction of sp³-hybridized carbons (Fsp3) is 0.350. The molecule has 28 heavy (non-hydrogen) atoms. The molecule has 1 heterocycles. The lowest BCUT2D eigenvalue weighted by Crippen LogP contribution is -2.36. The van der Waals surface area contributed by atoms with Crippen LogP contribution in [-0.2, 0) is 11.2 Å². The molecule has 148 valence electrons. The van der Waals surface area contributed by atoms with E-state index >= 15 is 0 Å². The van der Waals surface area contributed by atoms with Crippen molar-refractivity contribution in [1.82, 2.24) is 5.32 Å². The standard InChI is InChI=1S/C20H22ClN3O4/c21-16-5-8-19(24(26)27)18(14-16)20(25)22-9-1-2-15-3-6-17(7-4-15)23-10-12-28-13-11-23/h3-8,14H,1-2,9-13H2,(H,22,25). The Kier molecular flexibility index (Phi) is 6.84. The van der Waals surface area contributed by atoms with Crippen molar-refractivity contribution in [2.24, 2.45) is 0 Å². The van der Waals surface area contributed by atoms with Crippen molar-refractivity contribution in [3.8, 4) is 0 Å². The fourth-order valence-electron chi connectivity index (χ4n) is 3.13. The van der Waals surface area contributed by atoms with E-state index in [1.54, 1.807) is 0 Å². The number of nitrogens with one attached hydrogen (secondary N) is 1. The van der Waals surface area contributed by atoms with Gasteiger partial charge in [0.25, 0.3) is 11.6 Å². The van der Waals surface area contributed by atoms with Crippen molar-refractivity contribution in [3.63, 3.8) is 0 Å². The highest BCUT2D eigenvalue weighted by Gasteiger charge is 2.20. The molecule has 0 bridgehead atoms. The van der Waals surface area contributed by atoms with Crippen LogP contribution in [0.15, 0.2) is 42.5 Å². The second-order valence-corrected chi connectivity index (χ2v) is 6.98. The second-order valence-electron chi connectivity index (χ2n) is 6.54. The van der Waals surface area contributed by atoms with Gasteiger partial charge in [-0.05, 0) is 42.7 Å². The molecule has 0 aliphatic carbocycles. The van der Waals surface area contributed by atoms with E-state index in [1.165, 1.54) is 29.4 Å². The van der Waals surface area contributed by atoms with E-state index < -0.39 is 10.8 Å². The molecule has 0 saturated carbocycles. The van der Waals surface area contributed by atoms with Crippen molar-refractivity contribution in [2.75, 3.05) is 37.7 Å². The van der Waals surface area contributed by atoms with Gasteiger partial charge in [0.15, 0.2) is 0 Å². The van der Waals surface area contributed by atoms with Gasteiger partial charge in [-0.15, -0.1) is 0 Å². The third-order valence-electron chi connectivity index (χ3n) is 4.64. The average Bonchev–Trinajstić information content (AvgIpc) is 2.72. The van der Waals surface area contributed by atoms with Crippen LogP contribution >= 0.6 is 11.6 Å². The first-order chi connectivity index (χ1) is 13.5. The van der Waals surface area contributed by atoms with Crippen molar-refractivity contribution in [3.05, 3.63) is 68.7 Å². The van der Waals surface area contributed by atoms with Gasteiger partial charge in [0.1, 0.15) is 5.56 Å². The lowest BCUT2D eigenvalue weighted by atomic mass is 10.1. The first kappa shape index (κ1) is 20.1. The Hall–Kier alpha value is -2.64. The van der Waals surface area contributed by atoms with Gasteiger partial charge in [0.2, 0.25) is 0 Å². The molecule has 1 fully saturated rings. The lowest BCUT2D eigenvalue weighted by Gasteiger charge is -2.28. The molecule has 7 nitrogen and oxygen atoms in total. The van der Waals surface area contributed by atoms with Crippen LogP contribution in [-0.4, -0.2) is 43.7 Å². The number of aryl methyl sites for hydroxylation is 1. The highest BCUT2D eigenvalue weighted by molar-refractivity contribution is 6.31. The summed E-state index contributed by atoms with van der Waals surface area (Å²) in [6.45, 7) is 3.74. The molecule has 0 aromatic heterocycles. The molecular weight excluding hydrogens is 382 g/mol. The Morgan fingerprint density at radius 2 is 1.89 bits per heavy atom. The summed E-state index contributed by atoms with van der Waals surface area (Å²) in [7, 11) is 0. The zero-order chi connectivity index (χ0) is 19.9. The smallest absolute Gasteiger partial charge is 0.282 e.